The van der Waals surface area contributed by atoms with Crippen LogP contribution in [-0.4, -0.2) is 36.3 Å². The maximum atomic E-state index is 10.5. The molecule has 0 radical (unpaired) electrons. The van der Waals surface area contributed by atoms with Gasteiger partial charge in [0.2, 0.25) is 0 Å². The van der Waals surface area contributed by atoms with Crippen molar-refractivity contribution in [1.82, 2.24) is 9.55 Å². The van der Waals surface area contributed by atoms with Gasteiger partial charge in [-0.05, 0) is 34.9 Å². The highest BCUT2D eigenvalue weighted by Crippen LogP contribution is 2.21. The van der Waals surface area contributed by atoms with Gasteiger partial charge in [-0.3, -0.25) is 9.36 Å². The molecule has 1 heterocycles. The second-order valence-electron chi connectivity index (χ2n) is 4.14. The lowest BCUT2D eigenvalue weighted by atomic mass is 10.0. The second kappa shape index (κ2) is 5.32. The van der Waals surface area contributed by atoms with Crippen molar-refractivity contribution in [3.63, 3.8) is 0 Å². The summed E-state index contributed by atoms with van der Waals surface area (Å²) in [6.45, 7) is 1.36. The molecule has 0 bridgehead atoms. The van der Waals surface area contributed by atoms with Crippen LogP contribution in [0.2, 0.25) is 5.28 Å². The Morgan fingerprint density at radius 2 is 2.33 bits per heavy atom. The fourth-order valence-electron chi connectivity index (χ4n) is 1.40. The normalized spacial score (nSPS) is 14.2. The molecule has 1 unspecified atom stereocenters. The largest absolute Gasteiger partial charge is 0.481 e. The van der Waals surface area contributed by atoms with E-state index in [0.717, 1.165) is 6.20 Å². The number of imidazole rings is 1. The van der Waals surface area contributed by atoms with Crippen molar-refractivity contribution in [3.05, 3.63) is 21.6 Å². The van der Waals surface area contributed by atoms with E-state index >= 15 is 0 Å². The molecule has 0 aliphatic carbocycles. The summed E-state index contributed by atoms with van der Waals surface area (Å²) in [4.78, 5) is 23.7. The van der Waals surface area contributed by atoms with E-state index in [2.05, 4.69) is 4.98 Å². The average Bonchev–Trinajstić information content (AvgIpc) is 2.57. The Balaban J connectivity index is 2.77. The maximum Gasteiger partial charge on any atom is 0.383 e. The molecule has 0 saturated heterocycles. The van der Waals surface area contributed by atoms with Crippen LogP contribution in [0, 0.1) is 10.1 Å². The number of carbonyl (C=O) groups is 1. The molecule has 8 nitrogen and oxygen atoms in total. The number of hydrogen-bond acceptors (Lipinski definition) is 5. The molecule has 18 heavy (non-hydrogen) atoms. The highest BCUT2D eigenvalue weighted by Gasteiger charge is 2.26. The Hall–Kier alpha value is -1.67. The summed E-state index contributed by atoms with van der Waals surface area (Å²) in [7, 11) is 0. The molecule has 0 fully saturated rings. The minimum atomic E-state index is -1.34. The fourth-order valence-corrected chi connectivity index (χ4v) is 1.60. The van der Waals surface area contributed by atoms with Gasteiger partial charge in [-0.2, -0.15) is 0 Å². The third kappa shape index (κ3) is 3.97. The Kier molecular flexibility index (Phi) is 4.25. The van der Waals surface area contributed by atoms with Gasteiger partial charge in [-0.15, -0.1) is 0 Å². The van der Waals surface area contributed by atoms with Gasteiger partial charge in [-0.1, -0.05) is 0 Å². The molecule has 0 aliphatic heterocycles. The highest BCUT2D eigenvalue weighted by molar-refractivity contribution is 6.28. The smallest absolute Gasteiger partial charge is 0.383 e. The molecule has 100 valence electrons. The number of aromatic nitrogens is 2. The summed E-state index contributed by atoms with van der Waals surface area (Å²) in [6.07, 6.45) is 0.892. The van der Waals surface area contributed by atoms with E-state index in [4.69, 9.17) is 16.7 Å². The van der Waals surface area contributed by atoms with Crippen molar-refractivity contribution in [2.45, 2.75) is 31.9 Å². The van der Waals surface area contributed by atoms with Gasteiger partial charge < -0.3 is 20.3 Å². The number of carboxylic acids is 1. The van der Waals surface area contributed by atoms with E-state index in [1.807, 2.05) is 0 Å². The third-order valence-corrected chi connectivity index (χ3v) is 2.59. The molecule has 2 N–H and O–H groups in total. The van der Waals surface area contributed by atoms with E-state index in [-0.39, 0.29) is 24.7 Å². The van der Waals surface area contributed by atoms with Crippen LogP contribution in [0.15, 0.2) is 6.20 Å². The lowest BCUT2D eigenvalue weighted by Gasteiger charge is -2.22. The minimum Gasteiger partial charge on any atom is -0.481 e. The number of carboxylic acid groups (broad SMARTS) is 1. The van der Waals surface area contributed by atoms with Gasteiger partial charge in [0.15, 0.2) is 0 Å². The topological polar surface area (TPSA) is 118 Å². The van der Waals surface area contributed by atoms with Crippen molar-refractivity contribution in [3.8, 4) is 0 Å². The first-order chi connectivity index (χ1) is 8.21. The average molecular weight is 278 g/mol. The number of nitro groups is 1. The van der Waals surface area contributed by atoms with Gasteiger partial charge in [0.1, 0.15) is 6.20 Å². The van der Waals surface area contributed by atoms with Gasteiger partial charge >= 0.3 is 17.1 Å². The van der Waals surface area contributed by atoms with Gasteiger partial charge in [0, 0.05) is 6.42 Å². The van der Waals surface area contributed by atoms with E-state index in [9.17, 15) is 20.0 Å². The zero-order chi connectivity index (χ0) is 13.9. The molecule has 1 atom stereocenters. The van der Waals surface area contributed by atoms with Crippen molar-refractivity contribution in [1.29, 1.82) is 0 Å². The zero-order valence-corrected chi connectivity index (χ0v) is 10.3. The van der Waals surface area contributed by atoms with E-state index in [0.29, 0.717) is 0 Å². The first kappa shape index (κ1) is 14.4. The van der Waals surface area contributed by atoms with Crippen LogP contribution in [0.25, 0.3) is 0 Å². The summed E-state index contributed by atoms with van der Waals surface area (Å²) >= 11 is 5.68. The van der Waals surface area contributed by atoms with Crippen LogP contribution in [0.3, 0.4) is 0 Å². The van der Waals surface area contributed by atoms with E-state index in [1.54, 1.807) is 0 Å². The zero-order valence-electron chi connectivity index (χ0n) is 9.54. The highest BCUT2D eigenvalue weighted by atomic mass is 35.5. The number of aliphatic hydroxyl groups is 1. The quantitative estimate of drug-likeness (QED) is 0.593. The molecule has 1 aromatic heterocycles. The summed E-state index contributed by atoms with van der Waals surface area (Å²) in [5, 5.41) is 28.8. The van der Waals surface area contributed by atoms with Crippen molar-refractivity contribution >= 4 is 23.4 Å². The van der Waals surface area contributed by atoms with Crippen molar-refractivity contribution in [2.24, 2.45) is 0 Å². The monoisotopic (exact) mass is 277 g/mol. The fraction of sp³-hybridized carbons (Fsp3) is 0.556. The van der Waals surface area contributed by atoms with Crippen molar-refractivity contribution in [2.75, 3.05) is 0 Å². The van der Waals surface area contributed by atoms with Gasteiger partial charge in [0.25, 0.3) is 0 Å². The molecule has 0 saturated carbocycles. The molecular formula is C9H12ClN3O5. The second-order valence-corrected chi connectivity index (χ2v) is 4.48. The summed E-state index contributed by atoms with van der Waals surface area (Å²) in [5.74, 6) is -1.45. The third-order valence-electron chi connectivity index (χ3n) is 2.29. The standard InChI is InChI=1S/C9H12ClN3O5/c1-9(16,3-2-7(14)15)5-12-4-6(13(17)18)11-8(12)10/h4,16H,2-3,5H2,1H3,(H,14,15). The SMILES string of the molecule is CC(O)(CCC(=O)O)Cn1cc([N+](=O)[O-])nc1Cl. The number of aliphatic carboxylic acids is 1. The Morgan fingerprint density at radius 3 is 2.78 bits per heavy atom. The molecule has 0 amide bonds. The molecule has 0 aliphatic rings. The predicted octanol–water partition coefficient (Wildman–Crippen LogP) is 1.06. The molecule has 1 rings (SSSR count). The Morgan fingerprint density at radius 1 is 1.72 bits per heavy atom. The van der Waals surface area contributed by atoms with Crippen LogP contribution >= 0.6 is 11.6 Å². The number of halogens is 1. The number of nitrogens with zero attached hydrogens (tertiary/aromatic N) is 3. The molecular weight excluding hydrogens is 266 g/mol. The van der Waals surface area contributed by atoms with Gasteiger partial charge in [-0.25, -0.2) is 0 Å². The van der Waals surface area contributed by atoms with Crippen LogP contribution < -0.4 is 0 Å². The van der Waals surface area contributed by atoms with E-state index in [1.165, 1.54) is 11.5 Å². The lowest BCUT2D eigenvalue weighted by Crippen LogP contribution is -2.31. The Bertz CT molecular complexity index is 471. The predicted molar refractivity (Wildman–Crippen MR) is 61.4 cm³/mol. The lowest BCUT2D eigenvalue weighted by molar-refractivity contribution is -0.389. The van der Waals surface area contributed by atoms with Crippen LogP contribution in [-0.2, 0) is 11.3 Å². The molecule has 0 spiro atoms. The first-order valence-electron chi connectivity index (χ1n) is 5.02. The maximum absolute atomic E-state index is 10.5. The van der Waals surface area contributed by atoms with Crippen LogP contribution in [0.5, 0.6) is 0 Å². The number of rotatable bonds is 6. The summed E-state index contributed by atoms with van der Waals surface area (Å²) in [6, 6.07) is 0. The summed E-state index contributed by atoms with van der Waals surface area (Å²) < 4.78 is 1.21. The van der Waals surface area contributed by atoms with Crippen LogP contribution in [0.1, 0.15) is 19.8 Å². The molecule has 9 heteroatoms. The van der Waals surface area contributed by atoms with Crippen LogP contribution in [0.4, 0.5) is 5.82 Å². The van der Waals surface area contributed by atoms with Crippen molar-refractivity contribution < 1.29 is 19.9 Å². The minimum absolute atomic E-state index is 0.00460. The van der Waals surface area contributed by atoms with E-state index < -0.39 is 22.3 Å². The summed E-state index contributed by atoms with van der Waals surface area (Å²) in [5.41, 5.74) is -1.34. The Labute approximate surface area is 107 Å². The van der Waals surface area contributed by atoms with Gasteiger partial charge in [0.05, 0.1) is 12.1 Å². The molecule has 0 aromatic carbocycles. The molecule has 1 aromatic rings. The number of hydrogen-bond donors (Lipinski definition) is 2. The first-order valence-corrected chi connectivity index (χ1v) is 5.40.